The molecule has 1 aliphatic rings. The van der Waals surface area contributed by atoms with Crippen LogP contribution in [0.5, 0.6) is 0 Å². The Hall–Kier alpha value is -1.20. The smallest absolute Gasteiger partial charge is 0.147 e. The Balaban J connectivity index is 2.06. The van der Waals surface area contributed by atoms with Crippen LogP contribution in [0.3, 0.4) is 0 Å². The lowest BCUT2D eigenvalue weighted by atomic mass is 10.4. The van der Waals surface area contributed by atoms with Crippen molar-refractivity contribution in [2.24, 2.45) is 5.73 Å². The highest BCUT2D eigenvalue weighted by Gasteiger charge is 2.11. The highest BCUT2D eigenvalue weighted by atomic mass is 16.5. The minimum Gasteiger partial charge on any atom is -0.380 e. The second-order valence-electron chi connectivity index (χ2n) is 3.52. The molecule has 1 saturated heterocycles. The Labute approximate surface area is 89.3 Å². The number of hydrogen-bond donors (Lipinski definition) is 1. The van der Waals surface area contributed by atoms with Gasteiger partial charge in [0.15, 0.2) is 0 Å². The maximum atomic E-state index is 5.47. The summed E-state index contributed by atoms with van der Waals surface area (Å²) in [6.07, 6.45) is 4.56. The van der Waals surface area contributed by atoms with Crippen LogP contribution in [-0.4, -0.2) is 36.3 Å². The fourth-order valence-electron chi connectivity index (χ4n) is 1.59. The fraction of sp³-hybridized carbons (Fsp3) is 0.600. The van der Waals surface area contributed by atoms with Gasteiger partial charge in [0.05, 0.1) is 24.7 Å². The summed E-state index contributed by atoms with van der Waals surface area (Å²) in [6, 6.07) is 0. The topological polar surface area (TPSA) is 64.3 Å². The van der Waals surface area contributed by atoms with Gasteiger partial charge in [-0.25, -0.2) is 4.98 Å². The number of hydrogen-bond acceptors (Lipinski definition) is 5. The Morgan fingerprint density at radius 1 is 1.27 bits per heavy atom. The zero-order valence-electron chi connectivity index (χ0n) is 8.72. The molecule has 2 heterocycles. The van der Waals surface area contributed by atoms with E-state index in [0.717, 1.165) is 44.2 Å². The maximum Gasteiger partial charge on any atom is 0.147 e. The largest absolute Gasteiger partial charge is 0.380 e. The lowest BCUT2D eigenvalue weighted by Crippen LogP contribution is -2.27. The minimum absolute atomic E-state index is 0.441. The van der Waals surface area contributed by atoms with Gasteiger partial charge in [-0.2, -0.15) is 0 Å². The molecule has 0 spiro atoms. The number of nitrogens with two attached hydrogens (primary N) is 1. The number of aromatic nitrogens is 2. The predicted octanol–water partition coefficient (Wildman–Crippen LogP) is 0.162. The molecule has 1 aromatic rings. The summed E-state index contributed by atoms with van der Waals surface area (Å²) in [5.74, 6) is 0.915. The van der Waals surface area contributed by atoms with Gasteiger partial charge >= 0.3 is 0 Å². The van der Waals surface area contributed by atoms with Crippen molar-refractivity contribution < 1.29 is 4.74 Å². The molecule has 0 aromatic carbocycles. The number of ether oxygens (including phenoxy) is 1. The van der Waals surface area contributed by atoms with Crippen LogP contribution < -0.4 is 10.6 Å². The summed E-state index contributed by atoms with van der Waals surface area (Å²) in [5, 5.41) is 0. The summed E-state index contributed by atoms with van der Waals surface area (Å²) in [5.41, 5.74) is 6.29. The van der Waals surface area contributed by atoms with E-state index in [9.17, 15) is 0 Å². The quantitative estimate of drug-likeness (QED) is 0.750. The number of anilines is 1. The third kappa shape index (κ3) is 2.64. The molecule has 0 saturated carbocycles. The van der Waals surface area contributed by atoms with E-state index < -0.39 is 0 Å². The van der Waals surface area contributed by atoms with E-state index in [-0.39, 0.29) is 0 Å². The zero-order valence-corrected chi connectivity index (χ0v) is 8.72. The van der Waals surface area contributed by atoms with Crippen molar-refractivity contribution in [1.29, 1.82) is 0 Å². The van der Waals surface area contributed by atoms with Crippen molar-refractivity contribution in [3.05, 3.63) is 18.1 Å². The average Bonchev–Trinajstić information content (AvgIpc) is 2.58. The Bertz CT molecular complexity index is 293. The average molecular weight is 208 g/mol. The van der Waals surface area contributed by atoms with Gasteiger partial charge in [0.1, 0.15) is 5.82 Å². The van der Waals surface area contributed by atoms with Crippen LogP contribution >= 0.6 is 0 Å². The van der Waals surface area contributed by atoms with E-state index in [1.54, 1.807) is 12.4 Å². The normalized spacial score (nSPS) is 17.5. The van der Waals surface area contributed by atoms with Crippen LogP contribution in [0.1, 0.15) is 12.1 Å². The first kappa shape index (κ1) is 10.3. The van der Waals surface area contributed by atoms with Crippen molar-refractivity contribution in [1.82, 2.24) is 9.97 Å². The second-order valence-corrected chi connectivity index (χ2v) is 3.52. The first-order chi connectivity index (χ1) is 7.40. The Morgan fingerprint density at radius 2 is 2.20 bits per heavy atom. The molecule has 0 bridgehead atoms. The van der Waals surface area contributed by atoms with E-state index in [0.29, 0.717) is 6.54 Å². The monoisotopic (exact) mass is 208 g/mol. The van der Waals surface area contributed by atoms with Crippen LogP contribution in [0.15, 0.2) is 12.4 Å². The molecule has 1 fully saturated rings. The second kappa shape index (κ2) is 5.04. The standard InChI is InChI=1S/C10H16N4O/c11-6-9-7-13-10(8-12-9)14-2-1-4-15-5-3-14/h7-8H,1-6,11H2. The van der Waals surface area contributed by atoms with E-state index >= 15 is 0 Å². The summed E-state index contributed by atoms with van der Waals surface area (Å²) in [6.45, 7) is 3.91. The molecular formula is C10H16N4O. The van der Waals surface area contributed by atoms with Gasteiger partial charge in [0.25, 0.3) is 0 Å². The van der Waals surface area contributed by atoms with Crippen LogP contribution in [0.25, 0.3) is 0 Å². The molecule has 5 nitrogen and oxygen atoms in total. The fourth-order valence-corrected chi connectivity index (χ4v) is 1.59. The molecule has 0 aliphatic carbocycles. The van der Waals surface area contributed by atoms with Crippen molar-refractivity contribution in [3.63, 3.8) is 0 Å². The first-order valence-electron chi connectivity index (χ1n) is 5.24. The molecule has 1 aromatic heterocycles. The van der Waals surface area contributed by atoms with Gasteiger partial charge in [-0.05, 0) is 6.42 Å². The molecule has 5 heteroatoms. The molecular weight excluding hydrogens is 192 g/mol. The van der Waals surface area contributed by atoms with E-state index in [1.807, 2.05) is 0 Å². The SMILES string of the molecule is NCc1cnc(N2CCCOCC2)cn1. The lowest BCUT2D eigenvalue weighted by Gasteiger charge is -2.19. The Morgan fingerprint density at radius 3 is 2.93 bits per heavy atom. The zero-order chi connectivity index (χ0) is 10.5. The summed E-state index contributed by atoms with van der Waals surface area (Å²) < 4.78 is 5.38. The van der Waals surface area contributed by atoms with Gasteiger partial charge < -0.3 is 15.4 Å². The van der Waals surface area contributed by atoms with Crippen LogP contribution in [0.2, 0.25) is 0 Å². The van der Waals surface area contributed by atoms with E-state index in [4.69, 9.17) is 10.5 Å². The molecule has 0 atom stereocenters. The molecule has 2 rings (SSSR count). The van der Waals surface area contributed by atoms with Crippen molar-refractivity contribution >= 4 is 5.82 Å². The van der Waals surface area contributed by atoms with Crippen molar-refractivity contribution in [3.8, 4) is 0 Å². The van der Waals surface area contributed by atoms with Crippen LogP contribution in [0, 0.1) is 0 Å². The predicted molar refractivity (Wildman–Crippen MR) is 57.6 cm³/mol. The van der Waals surface area contributed by atoms with Crippen molar-refractivity contribution in [2.45, 2.75) is 13.0 Å². The van der Waals surface area contributed by atoms with Gasteiger partial charge in [0.2, 0.25) is 0 Å². The van der Waals surface area contributed by atoms with Crippen LogP contribution in [0.4, 0.5) is 5.82 Å². The lowest BCUT2D eigenvalue weighted by molar-refractivity contribution is 0.152. The van der Waals surface area contributed by atoms with Gasteiger partial charge in [-0.3, -0.25) is 4.98 Å². The third-order valence-electron chi connectivity index (χ3n) is 2.45. The summed E-state index contributed by atoms with van der Waals surface area (Å²) >= 11 is 0. The summed E-state index contributed by atoms with van der Waals surface area (Å²) in [4.78, 5) is 10.8. The van der Waals surface area contributed by atoms with Gasteiger partial charge in [0, 0.05) is 26.2 Å². The number of nitrogens with zero attached hydrogens (tertiary/aromatic N) is 3. The van der Waals surface area contributed by atoms with Gasteiger partial charge in [-0.1, -0.05) is 0 Å². The Kier molecular flexibility index (Phi) is 3.47. The molecule has 1 aliphatic heterocycles. The third-order valence-corrected chi connectivity index (χ3v) is 2.45. The molecule has 0 radical (unpaired) electrons. The summed E-state index contributed by atoms with van der Waals surface area (Å²) in [7, 11) is 0. The van der Waals surface area contributed by atoms with Crippen LogP contribution in [-0.2, 0) is 11.3 Å². The molecule has 82 valence electrons. The molecule has 2 N–H and O–H groups in total. The highest BCUT2D eigenvalue weighted by molar-refractivity contribution is 5.35. The van der Waals surface area contributed by atoms with Crippen molar-refractivity contribution in [2.75, 3.05) is 31.2 Å². The highest BCUT2D eigenvalue weighted by Crippen LogP contribution is 2.11. The molecule has 0 unspecified atom stereocenters. The molecule has 15 heavy (non-hydrogen) atoms. The molecule has 0 amide bonds. The number of rotatable bonds is 2. The van der Waals surface area contributed by atoms with E-state index in [2.05, 4.69) is 14.9 Å². The van der Waals surface area contributed by atoms with Gasteiger partial charge in [-0.15, -0.1) is 0 Å². The first-order valence-corrected chi connectivity index (χ1v) is 5.24. The maximum absolute atomic E-state index is 5.47. The van der Waals surface area contributed by atoms with E-state index in [1.165, 1.54) is 0 Å². The minimum atomic E-state index is 0.441.